The zero-order valence-corrected chi connectivity index (χ0v) is 9.82. The van der Waals surface area contributed by atoms with Gasteiger partial charge in [-0.25, -0.2) is 0 Å². The molecule has 1 fully saturated rings. The highest BCUT2D eigenvalue weighted by atomic mass is 16.5. The zero-order chi connectivity index (χ0) is 11.4. The van der Waals surface area contributed by atoms with Crippen molar-refractivity contribution in [1.82, 2.24) is 5.32 Å². The third-order valence-electron chi connectivity index (χ3n) is 2.77. The number of nitrogens with two attached hydrogens (primary N) is 1. The van der Waals surface area contributed by atoms with E-state index in [2.05, 4.69) is 19.2 Å². The third kappa shape index (κ3) is 3.80. The fourth-order valence-electron chi connectivity index (χ4n) is 1.83. The molecule has 1 aliphatic rings. The Bertz CT molecular complexity index is 219. The van der Waals surface area contributed by atoms with Gasteiger partial charge in [0.15, 0.2) is 0 Å². The maximum atomic E-state index is 11.7. The summed E-state index contributed by atoms with van der Waals surface area (Å²) in [4.78, 5) is 11.7. The normalized spacial score (nSPS) is 28.1. The minimum absolute atomic E-state index is 0.0500. The van der Waals surface area contributed by atoms with Gasteiger partial charge >= 0.3 is 0 Å². The van der Waals surface area contributed by atoms with Gasteiger partial charge in [0.25, 0.3) is 0 Å². The lowest BCUT2D eigenvalue weighted by molar-refractivity contribution is -0.123. The van der Waals surface area contributed by atoms with Crippen molar-refractivity contribution in [2.75, 3.05) is 6.61 Å². The molecule has 0 aromatic rings. The highest BCUT2D eigenvalue weighted by Gasteiger charge is 2.27. The van der Waals surface area contributed by atoms with E-state index in [-0.39, 0.29) is 18.1 Å². The van der Waals surface area contributed by atoms with Gasteiger partial charge in [0, 0.05) is 6.61 Å². The molecule has 0 aromatic heterocycles. The Morgan fingerprint density at radius 2 is 2.27 bits per heavy atom. The van der Waals surface area contributed by atoms with E-state index in [9.17, 15) is 4.79 Å². The highest BCUT2D eigenvalue weighted by molar-refractivity contribution is 5.81. The van der Waals surface area contributed by atoms with Crippen molar-refractivity contribution in [2.45, 2.75) is 51.8 Å². The van der Waals surface area contributed by atoms with Gasteiger partial charge in [-0.3, -0.25) is 4.79 Å². The van der Waals surface area contributed by atoms with Gasteiger partial charge in [-0.1, -0.05) is 13.8 Å². The first-order chi connectivity index (χ1) is 7.00. The molecule has 0 aliphatic carbocycles. The molecule has 1 heterocycles. The van der Waals surface area contributed by atoms with E-state index in [1.165, 1.54) is 0 Å². The van der Waals surface area contributed by atoms with Crippen LogP contribution in [-0.2, 0) is 9.53 Å². The lowest BCUT2D eigenvalue weighted by Gasteiger charge is -2.20. The molecular formula is C11H22N2O2. The van der Waals surface area contributed by atoms with Gasteiger partial charge in [0.1, 0.15) is 0 Å². The van der Waals surface area contributed by atoms with E-state index in [4.69, 9.17) is 10.5 Å². The number of ether oxygens (including phenoxy) is 1. The number of carbonyl (C=O) groups is 1. The minimum atomic E-state index is -0.391. The number of nitrogens with one attached hydrogen (secondary N) is 1. The van der Waals surface area contributed by atoms with Crippen molar-refractivity contribution in [3.05, 3.63) is 0 Å². The number of rotatable bonds is 4. The lowest BCUT2D eigenvalue weighted by atomic mass is 10.0. The molecule has 1 amide bonds. The van der Waals surface area contributed by atoms with Crippen molar-refractivity contribution in [1.29, 1.82) is 0 Å². The lowest BCUT2D eigenvalue weighted by Crippen LogP contribution is -2.48. The van der Waals surface area contributed by atoms with Crippen LogP contribution in [0.1, 0.15) is 33.6 Å². The molecule has 0 bridgehead atoms. The first-order valence-corrected chi connectivity index (χ1v) is 5.68. The fourth-order valence-corrected chi connectivity index (χ4v) is 1.83. The van der Waals surface area contributed by atoms with Gasteiger partial charge in [0.2, 0.25) is 5.91 Å². The SMILES string of the molecule is CC(C)CC(N)C(=O)NC1CCOC1C. The van der Waals surface area contributed by atoms with Crippen LogP contribution in [0.15, 0.2) is 0 Å². The Kier molecular flexibility index (Phi) is 4.54. The van der Waals surface area contributed by atoms with E-state index in [1.54, 1.807) is 0 Å². The molecule has 1 rings (SSSR count). The number of hydrogen-bond donors (Lipinski definition) is 2. The predicted octanol–water partition coefficient (Wildman–Crippen LogP) is 0.653. The zero-order valence-electron chi connectivity index (χ0n) is 9.82. The Balaban J connectivity index is 2.34. The second kappa shape index (κ2) is 5.47. The van der Waals surface area contributed by atoms with Gasteiger partial charge in [-0.05, 0) is 25.7 Å². The Labute approximate surface area is 91.5 Å². The minimum Gasteiger partial charge on any atom is -0.376 e. The van der Waals surface area contributed by atoms with Crippen LogP contribution in [0, 0.1) is 5.92 Å². The van der Waals surface area contributed by atoms with Crippen molar-refractivity contribution >= 4 is 5.91 Å². The maximum Gasteiger partial charge on any atom is 0.237 e. The van der Waals surface area contributed by atoms with Crippen LogP contribution in [0.4, 0.5) is 0 Å². The molecule has 3 N–H and O–H groups in total. The van der Waals surface area contributed by atoms with Crippen LogP contribution >= 0.6 is 0 Å². The van der Waals surface area contributed by atoms with Crippen LogP contribution in [0.2, 0.25) is 0 Å². The topological polar surface area (TPSA) is 64.4 Å². The molecule has 4 nitrogen and oxygen atoms in total. The Morgan fingerprint density at radius 3 is 2.73 bits per heavy atom. The number of hydrogen-bond acceptors (Lipinski definition) is 3. The van der Waals surface area contributed by atoms with E-state index < -0.39 is 6.04 Å². The molecule has 88 valence electrons. The van der Waals surface area contributed by atoms with Gasteiger partial charge in [0.05, 0.1) is 18.2 Å². The number of carbonyl (C=O) groups excluding carboxylic acids is 1. The second-order valence-corrected chi connectivity index (χ2v) is 4.72. The Hall–Kier alpha value is -0.610. The van der Waals surface area contributed by atoms with E-state index in [0.29, 0.717) is 5.92 Å². The monoisotopic (exact) mass is 214 g/mol. The van der Waals surface area contributed by atoms with Gasteiger partial charge < -0.3 is 15.8 Å². The molecular weight excluding hydrogens is 192 g/mol. The van der Waals surface area contributed by atoms with E-state index in [1.807, 2.05) is 6.92 Å². The molecule has 0 spiro atoms. The van der Waals surface area contributed by atoms with Crippen molar-refractivity contribution in [3.8, 4) is 0 Å². The summed E-state index contributed by atoms with van der Waals surface area (Å²) < 4.78 is 5.37. The average molecular weight is 214 g/mol. The molecule has 4 heteroatoms. The van der Waals surface area contributed by atoms with Gasteiger partial charge in [-0.2, -0.15) is 0 Å². The first-order valence-electron chi connectivity index (χ1n) is 5.68. The summed E-state index contributed by atoms with van der Waals surface area (Å²) >= 11 is 0. The van der Waals surface area contributed by atoms with E-state index in [0.717, 1.165) is 19.4 Å². The highest BCUT2D eigenvalue weighted by Crippen LogP contribution is 2.13. The quantitative estimate of drug-likeness (QED) is 0.722. The van der Waals surface area contributed by atoms with Crippen LogP contribution in [0.25, 0.3) is 0 Å². The second-order valence-electron chi connectivity index (χ2n) is 4.72. The van der Waals surface area contributed by atoms with Crippen molar-refractivity contribution in [2.24, 2.45) is 11.7 Å². The molecule has 1 aliphatic heterocycles. The van der Waals surface area contributed by atoms with Gasteiger partial charge in [-0.15, -0.1) is 0 Å². The summed E-state index contributed by atoms with van der Waals surface area (Å²) in [6.45, 7) is 6.83. The molecule has 0 aromatic carbocycles. The van der Waals surface area contributed by atoms with Crippen LogP contribution in [0.3, 0.4) is 0 Å². The summed E-state index contributed by atoms with van der Waals surface area (Å²) in [6.07, 6.45) is 1.73. The van der Waals surface area contributed by atoms with Crippen LogP contribution in [0.5, 0.6) is 0 Å². The summed E-state index contributed by atoms with van der Waals surface area (Å²) in [7, 11) is 0. The van der Waals surface area contributed by atoms with Crippen LogP contribution in [-0.4, -0.2) is 30.7 Å². The van der Waals surface area contributed by atoms with E-state index >= 15 is 0 Å². The van der Waals surface area contributed by atoms with Crippen molar-refractivity contribution in [3.63, 3.8) is 0 Å². The largest absolute Gasteiger partial charge is 0.376 e. The Morgan fingerprint density at radius 1 is 1.60 bits per heavy atom. The summed E-state index contributed by atoms with van der Waals surface area (Å²) in [6, 6.07) is -0.256. The average Bonchev–Trinajstić information content (AvgIpc) is 2.50. The molecule has 1 saturated heterocycles. The molecule has 0 radical (unpaired) electrons. The molecule has 0 saturated carbocycles. The third-order valence-corrected chi connectivity index (χ3v) is 2.77. The standard InChI is InChI=1S/C11H22N2O2/c1-7(2)6-9(12)11(14)13-10-4-5-15-8(10)3/h7-10H,4-6,12H2,1-3H3,(H,13,14). The molecule has 3 atom stereocenters. The summed E-state index contributed by atoms with van der Waals surface area (Å²) in [5, 5.41) is 2.94. The fraction of sp³-hybridized carbons (Fsp3) is 0.909. The maximum absolute atomic E-state index is 11.7. The number of amides is 1. The smallest absolute Gasteiger partial charge is 0.237 e. The molecule has 3 unspecified atom stereocenters. The molecule has 15 heavy (non-hydrogen) atoms. The summed E-state index contributed by atoms with van der Waals surface area (Å²) in [5.41, 5.74) is 5.79. The predicted molar refractivity (Wildman–Crippen MR) is 59.4 cm³/mol. The van der Waals surface area contributed by atoms with Crippen LogP contribution < -0.4 is 11.1 Å². The first kappa shape index (κ1) is 12.5. The van der Waals surface area contributed by atoms with Crippen molar-refractivity contribution < 1.29 is 9.53 Å². The summed E-state index contributed by atoms with van der Waals surface area (Å²) in [5.74, 6) is 0.397.